The summed E-state index contributed by atoms with van der Waals surface area (Å²) in [5.41, 5.74) is 4.69. The highest BCUT2D eigenvalue weighted by molar-refractivity contribution is 6.33. The first-order chi connectivity index (χ1) is 15.1. The topological polar surface area (TPSA) is 41.1 Å². The van der Waals surface area contributed by atoms with Gasteiger partial charge in [-0.2, -0.15) is 0 Å². The molecule has 0 radical (unpaired) electrons. The molecule has 2 aromatic heterocycles. The SMILES string of the molecule is CN1CCC(CCc2cc(-c3cncc(NCc4cccc(F)c4)c3)c(Cl)cn2)CC1. The largest absolute Gasteiger partial charge is 0.380 e. The van der Waals surface area contributed by atoms with Crippen LogP contribution in [-0.2, 0) is 13.0 Å². The number of aromatic nitrogens is 2. The molecule has 0 bridgehead atoms. The van der Waals surface area contributed by atoms with E-state index in [-0.39, 0.29) is 5.82 Å². The molecule has 0 atom stereocenters. The van der Waals surface area contributed by atoms with Crippen LogP contribution in [0.25, 0.3) is 11.1 Å². The zero-order chi connectivity index (χ0) is 21.6. The number of piperidine rings is 1. The lowest BCUT2D eigenvalue weighted by atomic mass is 9.91. The standard InChI is InChI=1S/C25H28ClFN4/c1-31-9-7-18(8-10-31)5-6-22-13-24(25(26)17-30-22)20-12-23(16-28-15-20)29-14-19-3-2-4-21(27)11-19/h2-4,11-13,15-18,29H,5-10,14H2,1H3. The molecule has 1 aliphatic rings. The van der Waals surface area contributed by atoms with E-state index in [0.717, 1.165) is 46.8 Å². The van der Waals surface area contributed by atoms with E-state index in [4.69, 9.17) is 11.6 Å². The van der Waals surface area contributed by atoms with Gasteiger partial charge in [0.1, 0.15) is 5.82 Å². The van der Waals surface area contributed by atoms with Crippen molar-refractivity contribution in [2.24, 2.45) is 5.92 Å². The lowest BCUT2D eigenvalue weighted by Crippen LogP contribution is -2.30. The van der Waals surface area contributed by atoms with Crippen LogP contribution in [0.5, 0.6) is 0 Å². The fourth-order valence-corrected chi connectivity index (χ4v) is 4.29. The van der Waals surface area contributed by atoms with E-state index < -0.39 is 0 Å². The summed E-state index contributed by atoms with van der Waals surface area (Å²) in [6.45, 7) is 2.89. The summed E-state index contributed by atoms with van der Waals surface area (Å²) in [4.78, 5) is 11.3. The highest BCUT2D eigenvalue weighted by atomic mass is 35.5. The van der Waals surface area contributed by atoms with E-state index in [1.807, 2.05) is 18.3 Å². The number of rotatable bonds is 7. The van der Waals surface area contributed by atoms with Crippen molar-refractivity contribution < 1.29 is 4.39 Å². The molecule has 31 heavy (non-hydrogen) atoms. The molecule has 1 aromatic carbocycles. The number of hydrogen-bond donors (Lipinski definition) is 1. The second-order valence-corrected chi connectivity index (χ2v) is 8.79. The van der Waals surface area contributed by atoms with E-state index in [1.165, 1.54) is 38.1 Å². The molecule has 1 N–H and O–H groups in total. The van der Waals surface area contributed by atoms with Crippen molar-refractivity contribution in [3.8, 4) is 11.1 Å². The van der Waals surface area contributed by atoms with Gasteiger partial charge in [0.2, 0.25) is 0 Å². The Bertz CT molecular complexity index is 1020. The second-order valence-electron chi connectivity index (χ2n) is 8.39. The Kier molecular flexibility index (Phi) is 7.15. The number of pyridine rings is 2. The lowest BCUT2D eigenvalue weighted by molar-refractivity contribution is 0.212. The first-order valence-corrected chi connectivity index (χ1v) is 11.2. The highest BCUT2D eigenvalue weighted by Gasteiger charge is 2.17. The molecule has 3 heterocycles. The summed E-state index contributed by atoms with van der Waals surface area (Å²) in [5, 5.41) is 3.93. The summed E-state index contributed by atoms with van der Waals surface area (Å²) < 4.78 is 13.4. The van der Waals surface area contributed by atoms with Crippen molar-refractivity contribution in [3.05, 3.63) is 77.1 Å². The summed E-state index contributed by atoms with van der Waals surface area (Å²) in [6, 6.07) is 10.7. The van der Waals surface area contributed by atoms with E-state index in [2.05, 4.69) is 33.3 Å². The van der Waals surface area contributed by atoms with Crippen LogP contribution >= 0.6 is 11.6 Å². The number of aryl methyl sites for hydroxylation is 1. The number of benzene rings is 1. The molecular weight excluding hydrogens is 411 g/mol. The predicted octanol–water partition coefficient (Wildman–Crippen LogP) is 5.82. The minimum atomic E-state index is -0.234. The molecule has 0 unspecified atom stereocenters. The fourth-order valence-electron chi connectivity index (χ4n) is 4.08. The summed E-state index contributed by atoms with van der Waals surface area (Å²) in [5.74, 6) is 0.539. The van der Waals surface area contributed by atoms with Gasteiger partial charge in [-0.15, -0.1) is 0 Å². The Morgan fingerprint density at radius 1 is 1.13 bits per heavy atom. The zero-order valence-electron chi connectivity index (χ0n) is 17.8. The molecule has 0 saturated carbocycles. The van der Waals surface area contributed by atoms with Crippen molar-refractivity contribution in [1.29, 1.82) is 0 Å². The lowest BCUT2D eigenvalue weighted by Gasteiger charge is -2.28. The average Bonchev–Trinajstić information content (AvgIpc) is 2.78. The molecular formula is C25H28ClFN4. The number of anilines is 1. The molecule has 162 valence electrons. The Morgan fingerprint density at radius 3 is 2.77 bits per heavy atom. The Balaban J connectivity index is 1.43. The fraction of sp³-hybridized carbons (Fsp3) is 0.360. The molecule has 4 rings (SSSR count). The van der Waals surface area contributed by atoms with Gasteiger partial charge in [0, 0.05) is 42.0 Å². The quantitative estimate of drug-likeness (QED) is 0.504. The summed E-state index contributed by atoms with van der Waals surface area (Å²) >= 11 is 6.48. The molecule has 1 fully saturated rings. The van der Waals surface area contributed by atoms with Gasteiger partial charge in [0.05, 0.1) is 10.7 Å². The molecule has 0 spiro atoms. The van der Waals surface area contributed by atoms with Crippen molar-refractivity contribution in [2.75, 3.05) is 25.5 Å². The minimum Gasteiger partial charge on any atom is -0.380 e. The van der Waals surface area contributed by atoms with E-state index in [1.54, 1.807) is 18.5 Å². The van der Waals surface area contributed by atoms with Crippen LogP contribution in [0.4, 0.5) is 10.1 Å². The number of nitrogens with one attached hydrogen (secondary N) is 1. The van der Waals surface area contributed by atoms with Crippen LogP contribution in [0.2, 0.25) is 5.02 Å². The van der Waals surface area contributed by atoms with Gasteiger partial charge in [-0.05, 0) is 81.6 Å². The third kappa shape index (κ3) is 6.02. The van der Waals surface area contributed by atoms with Crippen LogP contribution in [0.3, 0.4) is 0 Å². The maximum Gasteiger partial charge on any atom is 0.123 e. The molecule has 6 heteroatoms. The van der Waals surface area contributed by atoms with E-state index >= 15 is 0 Å². The van der Waals surface area contributed by atoms with Crippen LogP contribution in [0.15, 0.2) is 55.0 Å². The van der Waals surface area contributed by atoms with Gasteiger partial charge < -0.3 is 10.2 Å². The van der Waals surface area contributed by atoms with Crippen molar-refractivity contribution in [3.63, 3.8) is 0 Å². The van der Waals surface area contributed by atoms with Crippen LogP contribution in [0, 0.1) is 11.7 Å². The van der Waals surface area contributed by atoms with Crippen LogP contribution < -0.4 is 5.32 Å². The van der Waals surface area contributed by atoms with Crippen molar-refractivity contribution in [1.82, 2.24) is 14.9 Å². The Labute approximate surface area is 188 Å². The first-order valence-electron chi connectivity index (χ1n) is 10.8. The van der Waals surface area contributed by atoms with Crippen molar-refractivity contribution >= 4 is 17.3 Å². The van der Waals surface area contributed by atoms with E-state index in [0.29, 0.717) is 11.6 Å². The van der Waals surface area contributed by atoms with Crippen molar-refractivity contribution in [2.45, 2.75) is 32.2 Å². The molecule has 0 aliphatic carbocycles. The van der Waals surface area contributed by atoms with Gasteiger partial charge in [0.15, 0.2) is 0 Å². The van der Waals surface area contributed by atoms with Gasteiger partial charge in [-0.1, -0.05) is 23.7 Å². The maximum atomic E-state index is 13.4. The number of hydrogen-bond acceptors (Lipinski definition) is 4. The molecule has 3 aromatic rings. The average molecular weight is 439 g/mol. The zero-order valence-corrected chi connectivity index (χ0v) is 18.6. The molecule has 0 amide bonds. The first kappa shape index (κ1) is 21.7. The van der Waals surface area contributed by atoms with Gasteiger partial charge >= 0.3 is 0 Å². The smallest absolute Gasteiger partial charge is 0.123 e. The van der Waals surface area contributed by atoms with E-state index in [9.17, 15) is 4.39 Å². The van der Waals surface area contributed by atoms with Gasteiger partial charge in [0.25, 0.3) is 0 Å². The minimum absolute atomic E-state index is 0.234. The highest BCUT2D eigenvalue weighted by Crippen LogP contribution is 2.30. The number of nitrogens with zero attached hydrogens (tertiary/aromatic N) is 3. The maximum absolute atomic E-state index is 13.4. The third-order valence-corrected chi connectivity index (χ3v) is 6.29. The van der Waals surface area contributed by atoms with Crippen LogP contribution in [-0.4, -0.2) is 35.0 Å². The monoisotopic (exact) mass is 438 g/mol. The molecule has 1 aliphatic heterocycles. The summed E-state index contributed by atoms with van der Waals surface area (Å²) in [7, 11) is 2.19. The predicted molar refractivity (Wildman–Crippen MR) is 125 cm³/mol. The third-order valence-electron chi connectivity index (χ3n) is 5.99. The molecule has 4 nitrogen and oxygen atoms in total. The second kappa shape index (κ2) is 10.2. The van der Waals surface area contributed by atoms with Crippen LogP contribution in [0.1, 0.15) is 30.5 Å². The molecule has 1 saturated heterocycles. The normalized spacial score (nSPS) is 15.2. The summed E-state index contributed by atoms with van der Waals surface area (Å²) in [6.07, 6.45) is 9.97. The number of likely N-dealkylation sites (tertiary alicyclic amines) is 1. The number of halogens is 2. The Hall–Kier alpha value is -2.50. The Morgan fingerprint density at radius 2 is 1.97 bits per heavy atom. The van der Waals surface area contributed by atoms with Gasteiger partial charge in [-0.3, -0.25) is 9.97 Å². The van der Waals surface area contributed by atoms with Gasteiger partial charge in [-0.25, -0.2) is 4.39 Å².